The predicted molar refractivity (Wildman–Crippen MR) is 57.7 cm³/mol. The largest absolute Gasteiger partial charge is 0.459 e. The van der Waals surface area contributed by atoms with Crippen LogP contribution < -0.4 is 5.32 Å². The number of carbonyl (C=O) groups is 1. The summed E-state index contributed by atoms with van der Waals surface area (Å²) in [5.41, 5.74) is -0.500. The van der Waals surface area contributed by atoms with Gasteiger partial charge in [-0.15, -0.1) is 0 Å². The van der Waals surface area contributed by atoms with E-state index in [1.165, 1.54) is 0 Å². The number of ether oxygens (including phenoxy) is 2. The molecule has 1 aliphatic rings. The van der Waals surface area contributed by atoms with Crippen LogP contribution in [0.3, 0.4) is 0 Å². The van der Waals surface area contributed by atoms with E-state index in [9.17, 15) is 4.79 Å². The summed E-state index contributed by atoms with van der Waals surface area (Å²) in [6, 6.07) is 0. The van der Waals surface area contributed by atoms with Crippen molar-refractivity contribution in [3.63, 3.8) is 0 Å². The Morgan fingerprint density at radius 3 is 2.80 bits per heavy atom. The Bertz CT molecular complexity index is 212. The van der Waals surface area contributed by atoms with Crippen LogP contribution in [0.25, 0.3) is 0 Å². The van der Waals surface area contributed by atoms with Gasteiger partial charge in [0.05, 0.1) is 6.61 Å². The van der Waals surface area contributed by atoms with Crippen LogP contribution >= 0.6 is 0 Å². The molecule has 0 radical (unpaired) electrons. The van der Waals surface area contributed by atoms with E-state index >= 15 is 0 Å². The highest BCUT2D eigenvalue weighted by atomic mass is 16.6. The third kappa shape index (κ3) is 3.47. The molecule has 0 amide bonds. The summed E-state index contributed by atoms with van der Waals surface area (Å²) in [6.07, 6.45) is 2.89. The van der Waals surface area contributed by atoms with E-state index in [1.807, 2.05) is 13.8 Å². The molecule has 0 bridgehead atoms. The molecule has 1 rings (SSSR count). The van der Waals surface area contributed by atoms with Gasteiger partial charge in [0.15, 0.2) is 0 Å². The van der Waals surface area contributed by atoms with Crippen molar-refractivity contribution in [2.75, 3.05) is 20.3 Å². The number of methoxy groups -OCH3 is 1. The lowest BCUT2D eigenvalue weighted by Gasteiger charge is -2.33. The van der Waals surface area contributed by atoms with Crippen molar-refractivity contribution in [1.82, 2.24) is 5.32 Å². The van der Waals surface area contributed by atoms with Crippen LogP contribution in [-0.2, 0) is 14.3 Å². The molecule has 1 N–H and O–H groups in total. The Morgan fingerprint density at radius 2 is 2.27 bits per heavy atom. The normalized spacial score (nSPS) is 28.5. The van der Waals surface area contributed by atoms with Crippen molar-refractivity contribution >= 4 is 5.97 Å². The monoisotopic (exact) mass is 215 g/mol. The smallest absolute Gasteiger partial charge is 0.326 e. The first-order chi connectivity index (χ1) is 7.08. The van der Waals surface area contributed by atoms with Crippen molar-refractivity contribution in [2.24, 2.45) is 0 Å². The second-order valence-electron chi connectivity index (χ2n) is 4.39. The first-order valence-electron chi connectivity index (χ1n) is 5.53. The third-order valence-corrected chi connectivity index (χ3v) is 2.78. The van der Waals surface area contributed by atoms with Gasteiger partial charge in [0.2, 0.25) is 0 Å². The maximum Gasteiger partial charge on any atom is 0.326 e. The number of piperidine rings is 1. The number of esters is 1. The van der Waals surface area contributed by atoms with Crippen molar-refractivity contribution in [1.29, 1.82) is 0 Å². The van der Waals surface area contributed by atoms with Crippen LogP contribution in [-0.4, -0.2) is 37.9 Å². The Balaban J connectivity index is 2.44. The molecule has 0 aromatic heterocycles. The highest BCUT2D eigenvalue weighted by Gasteiger charge is 2.36. The zero-order valence-electron chi connectivity index (χ0n) is 9.84. The average Bonchev–Trinajstić information content (AvgIpc) is 2.19. The predicted octanol–water partition coefficient (Wildman–Crippen LogP) is 1.10. The maximum absolute atomic E-state index is 11.9. The molecule has 1 fully saturated rings. The molecule has 4 heteroatoms. The van der Waals surface area contributed by atoms with Crippen molar-refractivity contribution < 1.29 is 14.3 Å². The minimum atomic E-state index is -0.500. The van der Waals surface area contributed by atoms with E-state index in [0.29, 0.717) is 6.61 Å². The van der Waals surface area contributed by atoms with Crippen LogP contribution in [0.4, 0.5) is 0 Å². The van der Waals surface area contributed by atoms with Crippen LogP contribution in [0.15, 0.2) is 0 Å². The van der Waals surface area contributed by atoms with E-state index in [-0.39, 0.29) is 12.1 Å². The lowest BCUT2D eigenvalue weighted by Crippen LogP contribution is -2.53. The van der Waals surface area contributed by atoms with E-state index in [2.05, 4.69) is 5.32 Å². The molecule has 15 heavy (non-hydrogen) atoms. The zero-order chi connectivity index (χ0) is 11.3. The van der Waals surface area contributed by atoms with Gasteiger partial charge in [0, 0.05) is 7.11 Å². The minimum absolute atomic E-state index is 0.160. The number of hydrogen-bond acceptors (Lipinski definition) is 4. The van der Waals surface area contributed by atoms with Gasteiger partial charge in [-0.2, -0.15) is 0 Å². The molecule has 2 atom stereocenters. The van der Waals surface area contributed by atoms with Crippen molar-refractivity contribution in [3.8, 4) is 0 Å². The van der Waals surface area contributed by atoms with Gasteiger partial charge >= 0.3 is 5.97 Å². The molecule has 0 aromatic rings. The fourth-order valence-electron chi connectivity index (χ4n) is 1.81. The van der Waals surface area contributed by atoms with E-state index in [0.717, 1.165) is 25.8 Å². The van der Waals surface area contributed by atoms with Gasteiger partial charge in [-0.3, -0.25) is 4.79 Å². The Kier molecular flexibility index (Phi) is 4.54. The molecule has 0 spiro atoms. The number of carbonyl (C=O) groups excluding carboxylic acids is 1. The van der Waals surface area contributed by atoms with Crippen LogP contribution in [0.1, 0.15) is 33.1 Å². The fraction of sp³-hybridized carbons (Fsp3) is 0.909. The maximum atomic E-state index is 11.9. The molecule has 0 aliphatic carbocycles. The van der Waals surface area contributed by atoms with Crippen molar-refractivity contribution in [3.05, 3.63) is 0 Å². The molecule has 1 saturated heterocycles. The number of rotatable bonds is 4. The molecular weight excluding hydrogens is 194 g/mol. The third-order valence-electron chi connectivity index (χ3n) is 2.78. The summed E-state index contributed by atoms with van der Waals surface area (Å²) < 4.78 is 10.2. The number of hydrogen-bond donors (Lipinski definition) is 1. The Labute approximate surface area is 91.3 Å². The van der Waals surface area contributed by atoms with Crippen LogP contribution in [0, 0.1) is 0 Å². The summed E-state index contributed by atoms with van der Waals surface area (Å²) in [5, 5.41) is 3.23. The lowest BCUT2D eigenvalue weighted by molar-refractivity contribution is -0.159. The minimum Gasteiger partial charge on any atom is -0.459 e. The molecule has 0 aromatic carbocycles. The molecule has 1 aliphatic heterocycles. The molecule has 88 valence electrons. The summed E-state index contributed by atoms with van der Waals surface area (Å²) in [5.74, 6) is -0.160. The molecule has 4 nitrogen and oxygen atoms in total. The Morgan fingerprint density at radius 1 is 1.53 bits per heavy atom. The summed E-state index contributed by atoms with van der Waals surface area (Å²) in [4.78, 5) is 11.9. The zero-order valence-corrected chi connectivity index (χ0v) is 9.84. The van der Waals surface area contributed by atoms with Gasteiger partial charge in [-0.1, -0.05) is 0 Å². The first-order valence-corrected chi connectivity index (χ1v) is 5.53. The van der Waals surface area contributed by atoms with Crippen molar-refractivity contribution in [2.45, 2.75) is 44.8 Å². The molecule has 1 heterocycles. The van der Waals surface area contributed by atoms with Gasteiger partial charge in [0.1, 0.15) is 11.6 Å². The Hall–Kier alpha value is -0.610. The van der Waals surface area contributed by atoms with Gasteiger partial charge < -0.3 is 14.8 Å². The average molecular weight is 215 g/mol. The SMILES string of the molecule is COCC(C)OC(=O)C1(C)CCCCN1. The second-order valence-corrected chi connectivity index (χ2v) is 4.39. The van der Waals surface area contributed by atoms with E-state index in [4.69, 9.17) is 9.47 Å². The molecular formula is C11H21NO3. The molecule has 2 unspecified atom stereocenters. The highest BCUT2D eigenvalue weighted by Crippen LogP contribution is 2.20. The number of nitrogens with one attached hydrogen (secondary N) is 1. The summed E-state index contributed by atoms with van der Waals surface area (Å²) in [7, 11) is 1.60. The second kappa shape index (κ2) is 5.47. The highest BCUT2D eigenvalue weighted by molar-refractivity contribution is 5.80. The van der Waals surface area contributed by atoms with E-state index < -0.39 is 5.54 Å². The standard InChI is InChI=1S/C11H21NO3/c1-9(8-14-3)15-10(13)11(2)6-4-5-7-12-11/h9,12H,4-8H2,1-3H3. The topological polar surface area (TPSA) is 47.6 Å². The van der Waals surface area contributed by atoms with Crippen LogP contribution in [0.2, 0.25) is 0 Å². The van der Waals surface area contributed by atoms with Crippen LogP contribution in [0.5, 0.6) is 0 Å². The summed E-state index contributed by atoms with van der Waals surface area (Å²) in [6.45, 7) is 5.09. The van der Waals surface area contributed by atoms with Gasteiger partial charge in [-0.05, 0) is 39.7 Å². The first kappa shape index (κ1) is 12.5. The quantitative estimate of drug-likeness (QED) is 0.713. The van der Waals surface area contributed by atoms with Gasteiger partial charge in [-0.25, -0.2) is 0 Å². The fourth-order valence-corrected chi connectivity index (χ4v) is 1.81. The van der Waals surface area contributed by atoms with E-state index in [1.54, 1.807) is 7.11 Å². The summed E-state index contributed by atoms with van der Waals surface area (Å²) >= 11 is 0. The lowest BCUT2D eigenvalue weighted by atomic mass is 9.91. The molecule has 0 saturated carbocycles. The van der Waals surface area contributed by atoms with Gasteiger partial charge in [0.25, 0.3) is 0 Å².